The Hall–Kier alpha value is -5.03. The summed E-state index contributed by atoms with van der Waals surface area (Å²) < 4.78 is 11.2. The molecule has 0 unspecified atom stereocenters. The fourth-order valence-electron chi connectivity index (χ4n) is 4.33. The maximum Gasteiger partial charge on any atom is 0.410 e. The summed E-state index contributed by atoms with van der Waals surface area (Å²) in [6.07, 6.45) is 2.26. The van der Waals surface area contributed by atoms with Crippen LogP contribution in [-0.4, -0.2) is 66.8 Å². The number of hydrogen-bond donors (Lipinski definition) is 3. The summed E-state index contributed by atoms with van der Waals surface area (Å²) in [5.74, 6) is 0.740. The van der Waals surface area contributed by atoms with Crippen molar-refractivity contribution in [1.29, 1.82) is 0 Å². The van der Waals surface area contributed by atoms with Crippen LogP contribution >= 0.6 is 11.6 Å². The van der Waals surface area contributed by atoms with Crippen molar-refractivity contribution in [2.45, 2.75) is 26.4 Å². The Labute approximate surface area is 268 Å². The summed E-state index contributed by atoms with van der Waals surface area (Å²) in [7, 11) is 5.06. The van der Waals surface area contributed by atoms with E-state index in [9.17, 15) is 9.59 Å². The third-order valence-electron chi connectivity index (χ3n) is 6.65. The molecular weight excluding hydrogens is 594 g/mol. The average molecular weight is 632 g/mol. The topological polar surface area (TPSA) is 121 Å². The Balaban J connectivity index is 1.58. The van der Waals surface area contributed by atoms with Crippen LogP contribution in [0.25, 0.3) is 10.8 Å². The summed E-state index contributed by atoms with van der Waals surface area (Å²) in [6, 6.07) is 17.5. The molecule has 1 aromatic heterocycles. The number of methoxy groups -OCH3 is 1. The second kappa shape index (κ2) is 14.2. The molecule has 12 heteroatoms. The number of rotatable bonds is 11. The smallest absolute Gasteiger partial charge is 0.410 e. The van der Waals surface area contributed by atoms with Crippen LogP contribution < -0.4 is 25.6 Å². The molecule has 3 aromatic carbocycles. The molecule has 0 aliphatic heterocycles. The Morgan fingerprint density at radius 2 is 1.73 bits per heavy atom. The number of ether oxygens (including phenoxy) is 2. The van der Waals surface area contributed by atoms with E-state index in [1.807, 2.05) is 75.2 Å². The maximum atomic E-state index is 12.4. The van der Waals surface area contributed by atoms with Crippen LogP contribution in [0, 0.1) is 0 Å². The molecule has 11 nitrogen and oxygen atoms in total. The number of nitrogens with one attached hydrogen (secondary N) is 3. The molecule has 0 spiro atoms. The van der Waals surface area contributed by atoms with Crippen LogP contribution in [0.4, 0.5) is 39.3 Å². The van der Waals surface area contributed by atoms with E-state index in [-0.39, 0.29) is 5.95 Å². The van der Waals surface area contributed by atoms with Gasteiger partial charge in [0.05, 0.1) is 30.4 Å². The van der Waals surface area contributed by atoms with Gasteiger partial charge in [0.15, 0.2) is 5.82 Å². The molecule has 236 valence electrons. The highest BCUT2D eigenvalue weighted by atomic mass is 35.5. The number of carbonyl (C=O) groups excluding carboxylic acids is 2. The molecule has 0 saturated heterocycles. The quantitative estimate of drug-likeness (QED) is 0.147. The molecule has 0 saturated carbocycles. The van der Waals surface area contributed by atoms with Crippen molar-refractivity contribution in [2.75, 3.05) is 55.1 Å². The van der Waals surface area contributed by atoms with Gasteiger partial charge >= 0.3 is 6.09 Å². The van der Waals surface area contributed by atoms with Gasteiger partial charge in [-0.1, -0.05) is 48.5 Å². The molecule has 45 heavy (non-hydrogen) atoms. The first kappa shape index (κ1) is 32.9. The molecule has 4 rings (SSSR count). The lowest BCUT2D eigenvalue weighted by Gasteiger charge is -2.28. The van der Waals surface area contributed by atoms with Gasteiger partial charge in [0.2, 0.25) is 11.9 Å². The van der Waals surface area contributed by atoms with Crippen LogP contribution in [0.3, 0.4) is 0 Å². The number of nitrogens with zero attached hydrogens (tertiary/aromatic N) is 4. The number of likely N-dealkylation sites (N-methyl/N-ethyl adjacent to an activating group) is 2. The van der Waals surface area contributed by atoms with Gasteiger partial charge in [-0.25, -0.2) is 9.78 Å². The summed E-state index contributed by atoms with van der Waals surface area (Å²) in [5.41, 5.74) is 1.85. The fraction of sp³-hybridized carbons (Fsp3) is 0.273. The SMILES string of the molecule is C=CC(=O)Nc1cc(Nc2ncc(Cl)c(Nc3ccc4ccccc4c3)n2)c(OC)cc1N(C)CCN(C)C(=O)OC(C)(C)C. The third-order valence-corrected chi connectivity index (χ3v) is 6.93. The minimum Gasteiger partial charge on any atom is -0.494 e. The minimum absolute atomic E-state index is 0.252. The van der Waals surface area contributed by atoms with Crippen molar-refractivity contribution in [2.24, 2.45) is 0 Å². The first-order valence-corrected chi connectivity index (χ1v) is 14.6. The second-order valence-corrected chi connectivity index (χ2v) is 11.7. The van der Waals surface area contributed by atoms with E-state index in [2.05, 4.69) is 32.5 Å². The largest absolute Gasteiger partial charge is 0.494 e. The van der Waals surface area contributed by atoms with Gasteiger partial charge in [0.25, 0.3) is 0 Å². The van der Waals surface area contributed by atoms with Gasteiger partial charge in [0.1, 0.15) is 16.4 Å². The molecule has 0 bridgehead atoms. The molecule has 3 N–H and O–H groups in total. The van der Waals surface area contributed by atoms with Crippen LogP contribution in [0.1, 0.15) is 20.8 Å². The van der Waals surface area contributed by atoms with Crippen LogP contribution in [0.2, 0.25) is 5.02 Å². The monoisotopic (exact) mass is 631 g/mol. The summed E-state index contributed by atoms with van der Waals surface area (Å²) in [6.45, 7) is 9.83. The van der Waals surface area contributed by atoms with E-state index in [0.717, 1.165) is 16.5 Å². The zero-order chi connectivity index (χ0) is 32.7. The first-order valence-electron chi connectivity index (χ1n) is 14.2. The highest BCUT2D eigenvalue weighted by Crippen LogP contribution is 2.38. The van der Waals surface area contributed by atoms with Crippen molar-refractivity contribution in [3.05, 3.63) is 78.5 Å². The van der Waals surface area contributed by atoms with E-state index < -0.39 is 17.6 Å². The third kappa shape index (κ3) is 8.76. The van der Waals surface area contributed by atoms with Crippen molar-refractivity contribution < 1.29 is 19.1 Å². The first-order chi connectivity index (χ1) is 21.4. The van der Waals surface area contributed by atoms with E-state index in [4.69, 9.17) is 21.1 Å². The summed E-state index contributed by atoms with van der Waals surface area (Å²) in [4.78, 5) is 37.2. The number of benzene rings is 3. The fourth-order valence-corrected chi connectivity index (χ4v) is 4.46. The van der Waals surface area contributed by atoms with E-state index in [1.54, 1.807) is 19.2 Å². The second-order valence-electron chi connectivity index (χ2n) is 11.3. The average Bonchev–Trinajstić information content (AvgIpc) is 3.00. The summed E-state index contributed by atoms with van der Waals surface area (Å²) >= 11 is 6.45. The maximum absolute atomic E-state index is 12.4. The zero-order valence-corrected chi connectivity index (χ0v) is 27.0. The molecule has 0 aliphatic rings. The zero-order valence-electron chi connectivity index (χ0n) is 26.3. The highest BCUT2D eigenvalue weighted by Gasteiger charge is 2.21. The number of hydrogen-bond acceptors (Lipinski definition) is 9. The number of aromatic nitrogens is 2. The Morgan fingerprint density at radius 3 is 2.42 bits per heavy atom. The molecule has 2 amide bonds. The van der Waals surface area contributed by atoms with Gasteiger partial charge in [-0.3, -0.25) is 4.79 Å². The van der Waals surface area contributed by atoms with Crippen molar-refractivity contribution in [3.8, 4) is 5.75 Å². The number of fused-ring (bicyclic) bond motifs is 1. The lowest BCUT2D eigenvalue weighted by Crippen LogP contribution is -2.38. The predicted octanol–water partition coefficient (Wildman–Crippen LogP) is 7.21. The van der Waals surface area contributed by atoms with E-state index in [0.29, 0.717) is 46.7 Å². The van der Waals surface area contributed by atoms with Crippen molar-refractivity contribution >= 4 is 68.9 Å². The molecule has 0 radical (unpaired) electrons. The van der Waals surface area contributed by atoms with Crippen molar-refractivity contribution in [3.63, 3.8) is 0 Å². The molecular formula is C33H38ClN7O4. The van der Waals surface area contributed by atoms with Gasteiger partial charge in [-0.05, 0) is 55.8 Å². The van der Waals surface area contributed by atoms with E-state index in [1.165, 1.54) is 24.3 Å². The molecule has 0 aliphatic carbocycles. The van der Waals surface area contributed by atoms with Gasteiger partial charge < -0.3 is 35.2 Å². The number of halogens is 1. The molecule has 1 heterocycles. The number of amides is 2. The summed E-state index contributed by atoms with van der Waals surface area (Å²) in [5, 5.41) is 11.8. The standard InChI is InChI=1S/C33H38ClN7O4/c1-8-29(42)37-25-18-26(28(44-7)19-27(25)40(5)15-16-41(6)32(43)45-33(2,3)4)38-31-35-20-24(34)30(39-31)36-23-14-13-21-11-9-10-12-22(21)17-23/h8-14,17-20H,1,15-16H2,2-7H3,(H,37,42)(H2,35,36,38,39). The normalized spacial score (nSPS) is 11.0. The number of anilines is 6. The Morgan fingerprint density at radius 1 is 1.00 bits per heavy atom. The Kier molecular flexibility index (Phi) is 10.4. The molecule has 4 aromatic rings. The lowest BCUT2D eigenvalue weighted by molar-refractivity contribution is -0.111. The van der Waals surface area contributed by atoms with E-state index >= 15 is 0 Å². The Bertz CT molecular complexity index is 1710. The minimum atomic E-state index is -0.601. The number of carbonyl (C=O) groups is 2. The highest BCUT2D eigenvalue weighted by molar-refractivity contribution is 6.33. The van der Waals surface area contributed by atoms with Gasteiger partial charge in [-0.15, -0.1) is 0 Å². The molecule has 0 atom stereocenters. The van der Waals surface area contributed by atoms with Crippen LogP contribution in [-0.2, 0) is 9.53 Å². The van der Waals surface area contributed by atoms with Crippen molar-refractivity contribution in [1.82, 2.24) is 14.9 Å². The molecule has 0 fully saturated rings. The lowest BCUT2D eigenvalue weighted by atomic mass is 10.1. The van der Waals surface area contributed by atoms with Crippen LogP contribution in [0.5, 0.6) is 5.75 Å². The van der Waals surface area contributed by atoms with Gasteiger partial charge in [-0.2, -0.15) is 4.98 Å². The predicted molar refractivity (Wildman–Crippen MR) is 182 cm³/mol. The van der Waals surface area contributed by atoms with Crippen LogP contribution in [0.15, 0.2) is 73.4 Å². The van der Waals surface area contributed by atoms with Gasteiger partial charge in [0, 0.05) is 38.9 Å².